The Morgan fingerprint density at radius 1 is 1.24 bits per heavy atom. The first-order valence-electron chi connectivity index (χ1n) is 6.38. The molecule has 2 atom stereocenters. The average molecular weight is 230 g/mol. The largest absolute Gasteiger partial charge is 0.324 e. The molecule has 3 heteroatoms. The first kappa shape index (κ1) is 10.8. The summed E-state index contributed by atoms with van der Waals surface area (Å²) in [6.45, 7) is 3.90. The molecule has 1 amide bonds. The highest BCUT2D eigenvalue weighted by Gasteiger charge is 2.47. The van der Waals surface area contributed by atoms with Crippen LogP contribution in [0.4, 0.5) is 5.69 Å². The standard InChI is InChI=1S/C14H18N2O/c1-8-3-4-13(9(2)15-8)16-14(17)12-6-10-5-11(10)7-12/h3-4,10-12H,5-7H2,1-2H3,(H,16,17). The molecule has 0 radical (unpaired) electrons. The van der Waals surface area contributed by atoms with E-state index in [0.29, 0.717) is 0 Å². The molecular weight excluding hydrogens is 212 g/mol. The minimum Gasteiger partial charge on any atom is -0.324 e. The number of amides is 1. The Kier molecular flexibility index (Phi) is 2.42. The number of carbonyl (C=O) groups is 1. The lowest BCUT2D eigenvalue weighted by molar-refractivity contribution is -0.120. The molecule has 0 saturated heterocycles. The molecule has 1 heterocycles. The molecular formula is C14H18N2O. The van der Waals surface area contributed by atoms with Crippen molar-refractivity contribution in [3.8, 4) is 0 Å². The van der Waals surface area contributed by atoms with Crippen molar-refractivity contribution >= 4 is 11.6 Å². The summed E-state index contributed by atoms with van der Waals surface area (Å²) >= 11 is 0. The summed E-state index contributed by atoms with van der Waals surface area (Å²) < 4.78 is 0. The van der Waals surface area contributed by atoms with Gasteiger partial charge in [0.1, 0.15) is 0 Å². The van der Waals surface area contributed by atoms with Crippen LogP contribution in [0.3, 0.4) is 0 Å². The average Bonchev–Trinajstić information content (AvgIpc) is 2.89. The lowest BCUT2D eigenvalue weighted by Crippen LogP contribution is -2.22. The second kappa shape index (κ2) is 3.83. The zero-order valence-electron chi connectivity index (χ0n) is 10.4. The molecule has 0 aromatic carbocycles. The van der Waals surface area contributed by atoms with Crippen molar-refractivity contribution in [2.75, 3.05) is 5.32 Å². The smallest absolute Gasteiger partial charge is 0.227 e. The first-order valence-corrected chi connectivity index (χ1v) is 6.38. The quantitative estimate of drug-likeness (QED) is 0.848. The van der Waals surface area contributed by atoms with Crippen molar-refractivity contribution in [2.45, 2.75) is 33.1 Å². The number of fused-ring (bicyclic) bond motifs is 1. The van der Waals surface area contributed by atoms with Gasteiger partial charge in [0.05, 0.1) is 11.4 Å². The molecule has 1 aromatic heterocycles. The predicted octanol–water partition coefficient (Wildman–Crippen LogP) is 2.68. The number of hydrogen-bond donors (Lipinski definition) is 1. The monoisotopic (exact) mass is 230 g/mol. The van der Waals surface area contributed by atoms with Gasteiger partial charge in [0.25, 0.3) is 0 Å². The van der Waals surface area contributed by atoms with E-state index >= 15 is 0 Å². The van der Waals surface area contributed by atoms with E-state index in [1.165, 1.54) is 6.42 Å². The third-order valence-corrected chi connectivity index (χ3v) is 4.10. The summed E-state index contributed by atoms with van der Waals surface area (Å²) in [5.41, 5.74) is 2.75. The number of aromatic nitrogens is 1. The van der Waals surface area contributed by atoms with E-state index in [1.54, 1.807) is 0 Å². The van der Waals surface area contributed by atoms with E-state index in [9.17, 15) is 4.79 Å². The Balaban J connectivity index is 1.67. The van der Waals surface area contributed by atoms with Crippen LogP contribution in [0.15, 0.2) is 12.1 Å². The van der Waals surface area contributed by atoms with Crippen LogP contribution in [0, 0.1) is 31.6 Å². The molecule has 0 bridgehead atoms. The zero-order chi connectivity index (χ0) is 12.0. The predicted molar refractivity (Wildman–Crippen MR) is 66.7 cm³/mol. The summed E-state index contributed by atoms with van der Waals surface area (Å²) in [7, 11) is 0. The van der Waals surface area contributed by atoms with Crippen LogP contribution in [0.25, 0.3) is 0 Å². The maximum Gasteiger partial charge on any atom is 0.227 e. The molecule has 90 valence electrons. The van der Waals surface area contributed by atoms with E-state index in [2.05, 4.69) is 10.3 Å². The summed E-state index contributed by atoms with van der Waals surface area (Å²) in [5.74, 6) is 2.12. The zero-order valence-corrected chi connectivity index (χ0v) is 10.4. The minimum atomic E-state index is 0.186. The molecule has 2 saturated carbocycles. The number of nitrogens with zero attached hydrogens (tertiary/aromatic N) is 1. The molecule has 17 heavy (non-hydrogen) atoms. The van der Waals surface area contributed by atoms with Gasteiger partial charge < -0.3 is 5.32 Å². The number of hydrogen-bond acceptors (Lipinski definition) is 2. The lowest BCUT2D eigenvalue weighted by Gasteiger charge is -2.13. The third-order valence-electron chi connectivity index (χ3n) is 4.10. The van der Waals surface area contributed by atoms with Crippen molar-refractivity contribution in [3.63, 3.8) is 0 Å². The molecule has 2 aliphatic carbocycles. The first-order chi connectivity index (χ1) is 8.13. The van der Waals surface area contributed by atoms with Gasteiger partial charge in [-0.25, -0.2) is 0 Å². The van der Waals surface area contributed by atoms with Crippen LogP contribution in [-0.4, -0.2) is 10.9 Å². The second-order valence-corrected chi connectivity index (χ2v) is 5.50. The topological polar surface area (TPSA) is 42.0 Å². The van der Waals surface area contributed by atoms with E-state index in [0.717, 1.165) is 41.8 Å². The summed E-state index contributed by atoms with van der Waals surface area (Å²) in [5, 5.41) is 3.02. The van der Waals surface area contributed by atoms with Crippen molar-refractivity contribution < 1.29 is 4.79 Å². The number of pyridine rings is 1. The van der Waals surface area contributed by atoms with E-state index < -0.39 is 0 Å². The normalized spacial score (nSPS) is 29.9. The highest BCUT2D eigenvalue weighted by Crippen LogP contribution is 2.54. The van der Waals surface area contributed by atoms with Gasteiger partial charge in [-0.1, -0.05) is 0 Å². The number of anilines is 1. The van der Waals surface area contributed by atoms with Crippen LogP contribution in [0.2, 0.25) is 0 Å². The van der Waals surface area contributed by atoms with Gasteiger partial charge in [0.15, 0.2) is 0 Å². The molecule has 2 fully saturated rings. The van der Waals surface area contributed by atoms with Crippen LogP contribution < -0.4 is 5.32 Å². The van der Waals surface area contributed by atoms with Gasteiger partial charge in [-0.3, -0.25) is 9.78 Å². The summed E-state index contributed by atoms with van der Waals surface area (Å²) in [6, 6.07) is 3.89. The Hall–Kier alpha value is -1.38. The van der Waals surface area contributed by atoms with Crippen molar-refractivity contribution in [1.82, 2.24) is 4.98 Å². The molecule has 0 aliphatic heterocycles. The van der Waals surface area contributed by atoms with E-state index in [4.69, 9.17) is 0 Å². The van der Waals surface area contributed by atoms with Crippen LogP contribution in [0.5, 0.6) is 0 Å². The lowest BCUT2D eigenvalue weighted by atomic mass is 10.0. The second-order valence-electron chi connectivity index (χ2n) is 5.50. The highest BCUT2D eigenvalue weighted by molar-refractivity contribution is 5.93. The van der Waals surface area contributed by atoms with E-state index in [-0.39, 0.29) is 11.8 Å². The molecule has 3 rings (SSSR count). The molecule has 2 unspecified atom stereocenters. The summed E-state index contributed by atoms with van der Waals surface area (Å²) in [4.78, 5) is 16.4. The molecule has 1 aromatic rings. The van der Waals surface area contributed by atoms with Gasteiger partial charge in [-0.15, -0.1) is 0 Å². The number of carbonyl (C=O) groups excluding carboxylic acids is 1. The summed E-state index contributed by atoms with van der Waals surface area (Å²) in [6.07, 6.45) is 3.54. The fourth-order valence-electron chi connectivity index (χ4n) is 2.98. The Labute approximate surface area is 102 Å². The van der Waals surface area contributed by atoms with Crippen molar-refractivity contribution in [1.29, 1.82) is 0 Å². The molecule has 1 N–H and O–H groups in total. The van der Waals surface area contributed by atoms with Gasteiger partial charge >= 0.3 is 0 Å². The Morgan fingerprint density at radius 2 is 1.94 bits per heavy atom. The molecule has 0 spiro atoms. The fourth-order valence-corrected chi connectivity index (χ4v) is 2.98. The Morgan fingerprint density at radius 3 is 2.59 bits per heavy atom. The van der Waals surface area contributed by atoms with Crippen molar-refractivity contribution in [2.24, 2.45) is 17.8 Å². The number of aryl methyl sites for hydroxylation is 2. The van der Waals surface area contributed by atoms with Gasteiger partial charge in [-0.05, 0) is 57.1 Å². The minimum absolute atomic E-state index is 0.186. The van der Waals surface area contributed by atoms with Crippen LogP contribution >= 0.6 is 0 Å². The molecule has 2 aliphatic rings. The van der Waals surface area contributed by atoms with Crippen molar-refractivity contribution in [3.05, 3.63) is 23.5 Å². The number of rotatable bonds is 2. The number of nitrogens with one attached hydrogen (secondary N) is 1. The van der Waals surface area contributed by atoms with Gasteiger partial charge in [-0.2, -0.15) is 0 Å². The van der Waals surface area contributed by atoms with Gasteiger partial charge in [0, 0.05) is 11.6 Å². The Bertz CT molecular complexity index is 459. The maximum atomic E-state index is 12.1. The van der Waals surface area contributed by atoms with Crippen LogP contribution in [-0.2, 0) is 4.79 Å². The SMILES string of the molecule is Cc1ccc(NC(=O)C2CC3CC3C2)c(C)n1. The third kappa shape index (κ3) is 2.06. The van der Waals surface area contributed by atoms with E-state index in [1.807, 2.05) is 26.0 Å². The van der Waals surface area contributed by atoms with Crippen LogP contribution in [0.1, 0.15) is 30.7 Å². The maximum absolute atomic E-state index is 12.1. The fraction of sp³-hybridized carbons (Fsp3) is 0.571. The molecule has 3 nitrogen and oxygen atoms in total. The van der Waals surface area contributed by atoms with Gasteiger partial charge in [0.2, 0.25) is 5.91 Å². The highest BCUT2D eigenvalue weighted by atomic mass is 16.1.